The molecule has 0 atom stereocenters. The molecule has 0 heterocycles. The van der Waals surface area contributed by atoms with Crippen molar-refractivity contribution in [2.24, 2.45) is 0 Å². The number of aliphatic carboxylic acids is 1. The average Bonchev–Trinajstić information content (AvgIpc) is 2.07. The normalized spacial score (nSPS) is 9.92. The Balaban J connectivity index is 2.68. The number of carbonyl (C=O) groups is 1. The summed E-state index contributed by atoms with van der Waals surface area (Å²) in [5, 5.41) is 17.6. The first-order chi connectivity index (χ1) is 6.09. The van der Waals surface area contributed by atoms with Gasteiger partial charge in [-0.05, 0) is 30.7 Å². The third-order valence-electron chi connectivity index (χ3n) is 1.53. The van der Waals surface area contributed by atoms with Gasteiger partial charge < -0.3 is 10.2 Å². The fraction of sp³-hybridized carbons (Fsp3) is 0.222. The summed E-state index contributed by atoms with van der Waals surface area (Å²) >= 11 is 1.24. The first-order valence-electron chi connectivity index (χ1n) is 3.74. The van der Waals surface area contributed by atoms with Crippen molar-refractivity contribution in [2.45, 2.75) is 11.8 Å². The van der Waals surface area contributed by atoms with Crippen LogP contribution in [-0.4, -0.2) is 21.9 Å². The molecule has 13 heavy (non-hydrogen) atoms. The quantitative estimate of drug-likeness (QED) is 0.728. The van der Waals surface area contributed by atoms with Crippen molar-refractivity contribution < 1.29 is 15.0 Å². The van der Waals surface area contributed by atoms with Crippen LogP contribution in [0, 0.1) is 6.92 Å². The molecule has 0 radical (unpaired) electrons. The van der Waals surface area contributed by atoms with Crippen LogP contribution >= 0.6 is 11.8 Å². The number of hydrogen-bond donors (Lipinski definition) is 2. The lowest BCUT2D eigenvalue weighted by Crippen LogP contribution is -1.97. The summed E-state index contributed by atoms with van der Waals surface area (Å²) in [7, 11) is 0. The molecule has 1 rings (SSSR count). The molecule has 0 aliphatic carbocycles. The maximum Gasteiger partial charge on any atom is 0.313 e. The molecule has 0 spiro atoms. The Bertz CT molecular complexity index is 323. The monoisotopic (exact) mass is 198 g/mol. The van der Waals surface area contributed by atoms with Crippen LogP contribution in [0.1, 0.15) is 5.56 Å². The highest BCUT2D eigenvalue weighted by Gasteiger charge is 2.01. The summed E-state index contributed by atoms with van der Waals surface area (Å²) < 4.78 is 0. The van der Waals surface area contributed by atoms with Crippen molar-refractivity contribution in [3.63, 3.8) is 0 Å². The van der Waals surface area contributed by atoms with Crippen LogP contribution in [0.15, 0.2) is 23.1 Å². The largest absolute Gasteiger partial charge is 0.508 e. The van der Waals surface area contributed by atoms with E-state index in [-0.39, 0.29) is 11.5 Å². The smallest absolute Gasteiger partial charge is 0.313 e. The van der Waals surface area contributed by atoms with E-state index in [1.807, 2.05) is 0 Å². The van der Waals surface area contributed by atoms with E-state index in [1.165, 1.54) is 11.8 Å². The van der Waals surface area contributed by atoms with Crippen LogP contribution in [0.25, 0.3) is 0 Å². The Labute approximate surface area is 80.4 Å². The lowest BCUT2D eigenvalue weighted by atomic mass is 10.2. The molecule has 0 fully saturated rings. The average molecular weight is 198 g/mol. The fourth-order valence-corrected chi connectivity index (χ4v) is 1.58. The molecular formula is C9H10O3S. The van der Waals surface area contributed by atoms with Gasteiger partial charge >= 0.3 is 5.97 Å². The second-order valence-electron chi connectivity index (χ2n) is 2.63. The second kappa shape index (κ2) is 4.18. The number of phenols is 1. The third kappa shape index (κ3) is 2.99. The number of hydrogen-bond acceptors (Lipinski definition) is 3. The van der Waals surface area contributed by atoms with Crippen molar-refractivity contribution in [3.05, 3.63) is 23.8 Å². The van der Waals surface area contributed by atoms with Crippen LogP contribution in [0.3, 0.4) is 0 Å². The molecule has 3 nitrogen and oxygen atoms in total. The van der Waals surface area contributed by atoms with Crippen LogP contribution in [-0.2, 0) is 4.79 Å². The minimum atomic E-state index is -0.837. The molecule has 0 bridgehead atoms. The highest BCUT2D eigenvalue weighted by Crippen LogP contribution is 2.24. The number of aromatic hydroxyl groups is 1. The summed E-state index contributed by atoms with van der Waals surface area (Å²) in [4.78, 5) is 11.1. The number of rotatable bonds is 3. The Morgan fingerprint density at radius 2 is 2.23 bits per heavy atom. The van der Waals surface area contributed by atoms with Crippen molar-refractivity contribution >= 4 is 17.7 Å². The van der Waals surface area contributed by atoms with E-state index in [9.17, 15) is 9.90 Å². The Morgan fingerprint density at radius 3 is 2.77 bits per heavy atom. The van der Waals surface area contributed by atoms with Gasteiger partial charge in [-0.1, -0.05) is 0 Å². The summed E-state index contributed by atoms with van der Waals surface area (Å²) in [5.41, 5.74) is 0.760. The fourth-order valence-electron chi connectivity index (χ4n) is 0.863. The second-order valence-corrected chi connectivity index (χ2v) is 3.68. The van der Waals surface area contributed by atoms with Crippen LogP contribution in [0.4, 0.5) is 0 Å². The molecule has 0 aliphatic heterocycles. The maximum atomic E-state index is 10.3. The van der Waals surface area contributed by atoms with Gasteiger partial charge in [-0.25, -0.2) is 0 Å². The summed E-state index contributed by atoms with van der Waals surface area (Å²) in [6, 6.07) is 5.04. The molecule has 0 saturated heterocycles. The van der Waals surface area contributed by atoms with Gasteiger partial charge in [-0.2, -0.15) is 0 Å². The molecule has 2 N–H and O–H groups in total. The number of carboxylic acid groups (broad SMARTS) is 1. The highest BCUT2D eigenvalue weighted by molar-refractivity contribution is 8.00. The minimum Gasteiger partial charge on any atom is -0.508 e. The molecule has 1 aromatic rings. The van der Waals surface area contributed by atoms with E-state index in [0.717, 1.165) is 10.5 Å². The molecule has 0 unspecified atom stereocenters. The zero-order valence-corrected chi connectivity index (χ0v) is 7.97. The van der Waals surface area contributed by atoms with E-state index in [0.29, 0.717) is 0 Å². The number of aryl methyl sites for hydroxylation is 1. The van der Waals surface area contributed by atoms with Crippen molar-refractivity contribution in [3.8, 4) is 5.75 Å². The predicted molar refractivity (Wildman–Crippen MR) is 51.2 cm³/mol. The van der Waals surface area contributed by atoms with Gasteiger partial charge in [-0.3, -0.25) is 4.79 Å². The molecular weight excluding hydrogens is 188 g/mol. The number of benzene rings is 1. The van der Waals surface area contributed by atoms with Crippen LogP contribution in [0.2, 0.25) is 0 Å². The van der Waals surface area contributed by atoms with E-state index < -0.39 is 5.97 Å². The summed E-state index contributed by atoms with van der Waals surface area (Å²) in [6.07, 6.45) is 0. The van der Waals surface area contributed by atoms with Gasteiger partial charge in [0.05, 0.1) is 5.75 Å². The molecule has 4 heteroatoms. The van der Waals surface area contributed by atoms with Crippen molar-refractivity contribution in [1.82, 2.24) is 0 Å². The van der Waals surface area contributed by atoms with Gasteiger partial charge in [0.2, 0.25) is 0 Å². The standard InChI is InChI=1S/C9H10O3S/c1-6-4-7(2-3-8(6)10)13-5-9(11)12/h2-4,10H,5H2,1H3,(H,11,12). The first-order valence-corrected chi connectivity index (χ1v) is 4.72. The van der Waals surface area contributed by atoms with Crippen molar-refractivity contribution in [1.29, 1.82) is 0 Å². The molecule has 1 aromatic carbocycles. The van der Waals surface area contributed by atoms with Crippen LogP contribution in [0.5, 0.6) is 5.75 Å². The highest BCUT2D eigenvalue weighted by atomic mass is 32.2. The lowest BCUT2D eigenvalue weighted by Gasteiger charge is -2.01. The lowest BCUT2D eigenvalue weighted by molar-refractivity contribution is -0.133. The predicted octanol–water partition coefficient (Wildman–Crippen LogP) is 1.88. The molecule has 0 aromatic heterocycles. The van der Waals surface area contributed by atoms with Gasteiger partial charge in [0.1, 0.15) is 5.75 Å². The SMILES string of the molecule is Cc1cc(SCC(=O)O)ccc1O. The first kappa shape index (κ1) is 9.92. The van der Waals surface area contributed by atoms with Gasteiger partial charge in [0, 0.05) is 4.90 Å². The zero-order valence-electron chi connectivity index (χ0n) is 7.15. The summed E-state index contributed by atoms with van der Waals surface area (Å²) in [5.74, 6) is -0.556. The van der Waals surface area contributed by atoms with E-state index in [4.69, 9.17) is 5.11 Å². The maximum absolute atomic E-state index is 10.3. The number of thioether (sulfide) groups is 1. The zero-order chi connectivity index (χ0) is 9.84. The molecule has 0 aliphatic rings. The molecule has 0 amide bonds. The van der Waals surface area contributed by atoms with E-state index in [1.54, 1.807) is 25.1 Å². The van der Waals surface area contributed by atoms with E-state index in [2.05, 4.69) is 0 Å². The minimum absolute atomic E-state index is 0.0458. The van der Waals surface area contributed by atoms with Gasteiger partial charge in [0.25, 0.3) is 0 Å². The third-order valence-corrected chi connectivity index (χ3v) is 2.51. The van der Waals surface area contributed by atoms with E-state index >= 15 is 0 Å². The Morgan fingerprint density at radius 1 is 1.54 bits per heavy atom. The van der Waals surface area contributed by atoms with Crippen LogP contribution < -0.4 is 0 Å². The Kier molecular flexibility index (Phi) is 3.19. The van der Waals surface area contributed by atoms with Crippen molar-refractivity contribution in [2.75, 3.05) is 5.75 Å². The van der Waals surface area contributed by atoms with Gasteiger partial charge in [-0.15, -0.1) is 11.8 Å². The molecule has 0 saturated carbocycles. The number of phenolic OH excluding ortho intramolecular Hbond substituents is 1. The summed E-state index contributed by atoms with van der Waals surface area (Å²) in [6.45, 7) is 1.78. The molecule has 70 valence electrons. The Hall–Kier alpha value is -1.16. The topological polar surface area (TPSA) is 57.5 Å². The number of carboxylic acids is 1. The van der Waals surface area contributed by atoms with Gasteiger partial charge in [0.15, 0.2) is 0 Å².